The number of rotatable bonds is 1. The minimum absolute atomic E-state index is 0.0324. The largest absolute Gasteiger partial charge is 0.329 e. The van der Waals surface area contributed by atoms with Crippen LogP contribution in [0.1, 0.15) is 51.1 Å². The van der Waals surface area contributed by atoms with E-state index >= 15 is 0 Å². The molecule has 1 atom stereocenters. The molecular formula is C13H19ClN2O2. The summed E-state index contributed by atoms with van der Waals surface area (Å²) in [5, 5.41) is 0.148. The average Bonchev–Trinajstić information content (AvgIpc) is 2.28. The highest BCUT2D eigenvalue weighted by atomic mass is 35.5. The maximum Gasteiger partial charge on any atom is 0.329 e. The van der Waals surface area contributed by atoms with Gasteiger partial charge in [0, 0.05) is 11.6 Å². The number of hydrogen-bond donors (Lipinski definition) is 1. The molecule has 1 N–H and O–H groups in total. The van der Waals surface area contributed by atoms with E-state index in [0.717, 1.165) is 25.7 Å². The fourth-order valence-corrected chi connectivity index (χ4v) is 3.01. The summed E-state index contributed by atoms with van der Waals surface area (Å²) in [7, 11) is 0. The van der Waals surface area contributed by atoms with Crippen LogP contribution in [-0.4, -0.2) is 9.55 Å². The van der Waals surface area contributed by atoms with Gasteiger partial charge in [-0.25, -0.2) is 4.79 Å². The minimum Gasteiger partial charge on any atom is -0.297 e. The lowest BCUT2D eigenvalue weighted by molar-refractivity contribution is 0.136. The van der Waals surface area contributed by atoms with Gasteiger partial charge in [0.05, 0.1) is 0 Å². The van der Waals surface area contributed by atoms with Crippen LogP contribution < -0.4 is 11.2 Å². The predicted molar refractivity (Wildman–Crippen MR) is 72.4 cm³/mol. The smallest absolute Gasteiger partial charge is 0.297 e. The summed E-state index contributed by atoms with van der Waals surface area (Å²) < 4.78 is 1.36. The quantitative estimate of drug-likeness (QED) is 0.798. The van der Waals surface area contributed by atoms with Crippen molar-refractivity contribution >= 4 is 11.6 Å². The van der Waals surface area contributed by atoms with Crippen molar-refractivity contribution in [1.82, 2.24) is 9.55 Å². The Morgan fingerprint density at radius 2 is 2.00 bits per heavy atom. The SMILES string of the molecule is Cc1c(Cl)[nH]c(=O)n(C2CCCCC2(C)C)c1=O. The predicted octanol–water partition coefficient (Wildman–Crippen LogP) is 2.64. The van der Waals surface area contributed by atoms with Crippen LogP contribution in [0.5, 0.6) is 0 Å². The average molecular weight is 271 g/mol. The molecule has 1 unspecified atom stereocenters. The van der Waals surface area contributed by atoms with Gasteiger partial charge >= 0.3 is 5.69 Å². The van der Waals surface area contributed by atoms with Crippen LogP contribution in [0.25, 0.3) is 0 Å². The van der Waals surface area contributed by atoms with E-state index in [-0.39, 0.29) is 22.2 Å². The molecule has 2 rings (SSSR count). The number of H-pyrrole nitrogens is 1. The van der Waals surface area contributed by atoms with Gasteiger partial charge in [0.2, 0.25) is 0 Å². The van der Waals surface area contributed by atoms with Crippen LogP contribution in [0.2, 0.25) is 5.15 Å². The molecule has 1 heterocycles. The van der Waals surface area contributed by atoms with Gasteiger partial charge in [-0.2, -0.15) is 0 Å². The summed E-state index contributed by atoms with van der Waals surface area (Å²) in [6.07, 6.45) is 4.12. The Hall–Kier alpha value is -1.03. The molecule has 4 nitrogen and oxygen atoms in total. The molecule has 0 bridgehead atoms. The number of nitrogens with zero attached hydrogens (tertiary/aromatic N) is 1. The number of halogens is 1. The van der Waals surface area contributed by atoms with Gasteiger partial charge in [-0.05, 0) is 25.2 Å². The molecule has 0 amide bonds. The van der Waals surface area contributed by atoms with Crippen LogP contribution in [0.3, 0.4) is 0 Å². The molecule has 5 heteroatoms. The van der Waals surface area contributed by atoms with Crippen molar-refractivity contribution in [2.24, 2.45) is 5.41 Å². The zero-order valence-corrected chi connectivity index (χ0v) is 11.8. The first-order chi connectivity index (χ1) is 8.34. The van der Waals surface area contributed by atoms with Crippen LogP contribution in [0, 0.1) is 12.3 Å². The molecule has 0 spiro atoms. The second-order valence-corrected chi connectivity index (χ2v) is 6.17. The van der Waals surface area contributed by atoms with Gasteiger partial charge in [-0.15, -0.1) is 0 Å². The molecule has 0 aliphatic heterocycles. The third kappa shape index (κ3) is 2.14. The normalized spacial score (nSPS) is 23.0. The van der Waals surface area contributed by atoms with E-state index in [9.17, 15) is 9.59 Å². The Balaban J connectivity index is 2.61. The van der Waals surface area contributed by atoms with Gasteiger partial charge in [-0.3, -0.25) is 14.3 Å². The van der Waals surface area contributed by atoms with Crippen LogP contribution in [0.15, 0.2) is 9.59 Å². The fourth-order valence-electron chi connectivity index (χ4n) is 2.85. The highest BCUT2D eigenvalue weighted by Gasteiger charge is 2.35. The highest BCUT2D eigenvalue weighted by Crippen LogP contribution is 2.42. The third-order valence-corrected chi connectivity index (χ3v) is 4.44. The Kier molecular flexibility index (Phi) is 3.41. The summed E-state index contributed by atoms with van der Waals surface area (Å²) in [5.41, 5.74) is -0.271. The van der Waals surface area contributed by atoms with E-state index in [1.165, 1.54) is 4.57 Å². The number of nitrogens with one attached hydrogen (secondary N) is 1. The molecule has 1 fully saturated rings. The molecule has 18 heavy (non-hydrogen) atoms. The van der Waals surface area contributed by atoms with Crippen molar-refractivity contribution in [3.05, 3.63) is 31.6 Å². The lowest BCUT2D eigenvalue weighted by Gasteiger charge is -2.39. The van der Waals surface area contributed by atoms with E-state index in [0.29, 0.717) is 5.56 Å². The topological polar surface area (TPSA) is 54.9 Å². The Bertz CT molecular complexity index is 571. The van der Waals surface area contributed by atoms with Gasteiger partial charge in [0.1, 0.15) is 5.15 Å². The monoisotopic (exact) mass is 270 g/mol. The second kappa shape index (κ2) is 4.57. The lowest BCUT2D eigenvalue weighted by atomic mass is 9.73. The maximum atomic E-state index is 12.3. The van der Waals surface area contributed by atoms with Crippen molar-refractivity contribution < 1.29 is 0 Å². The molecule has 1 aliphatic rings. The second-order valence-electron chi connectivity index (χ2n) is 5.79. The molecule has 1 saturated carbocycles. The Morgan fingerprint density at radius 3 is 2.61 bits per heavy atom. The maximum absolute atomic E-state index is 12.3. The molecule has 0 saturated heterocycles. The Morgan fingerprint density at radius 1 is 1.33 bits per heavy atom. The molecule has 100 valence electrons. The lowest BCUT2D eigenvalue weighted by Crippen LogP contribution is -2.45. The summed E-state index contributed by atoms with van der Waals surface area (Å²) in [6.45, 7) is 5.88. The van der Waals surface area contributed by atoms with Crippen LogP contribution in [0.4, 0.5) is 0 Å². The van der Waals surface area contributed by atoms with E-state index in [1.54, 1.807) is 6.92 Å². The van der Waals surface area contributed by atoms with Crippen molar-refractivity contribution in [1.29, 1.82) is 0 Å². The van der Waals surface area contributed by atoms with Gasteiger partial charge in [0.25, 0.3) is 5.56 Å². The zero-order chi connectivity index (χ0) is 13.5. The number of aromatic amines is 1. The first-order valence-corrected chi connectivity index (χ1v) is 6.73. The van der Waals surface area contributed by atoms with Crippen LogP contribution >= 0.6 is 11.6 Å². The summed E-state index contributed by atoms with van der Waals surface area (Å²) in [6, 6.07) is -0.0431. The van der Waals surface area contributed by atoms with Crippen molar-refractivity contribution in [2.75, 3.05) is 0 Å². The minimum atomic E-state index is -0.393. The Labute approximate surface area is 111 Å². The van der Waals surface area contributed by atoms with E-state index in [4.69, 9.17) is 11.6 Å². The first-order valence-electron chi connectivity index (χ1n) is 6.35. The van der Waals surface area contributed by atoms with Crippen molar-refractivity contribution in [3.8, 4) is 0 Å². The molecular weight excluding hydrogens is 252 g/mol. The molecule has 0 aromatic carbocycles. The van der Waals surface area contributed by atoms with Crippen LogP contribution in [-0.2, 0) is 0 Å². The van der Waals surface area contributed by atoms with Crippen molar-refractivity contribution in [3.63, 3.8) is 0 Å². The molecule has 1 aliphatic carbocycles. The standard InChI is InChI=1S/C13H19ClN2O2/c1-8-10(14)15-12(18)16(11(8)17)9-6-4-5-7-13(9,2)3/h9H,4-7H2,1-3H3,(H,15,18). The summed E-state index contributed by atoms with van der Waals surface area (Å²) >= 11 is 5.83. The number of aromatic nitrogens is 2. The van der Waals surface area contributed by atoms with E-state index in [1.807, 2.05) is 0 Å². The zero-order valence-electron chi connectivity index (χ0n) is 11.0. The van der Waals surface area contributed by atoms with Gasteiger partial charge in [-0.1, -0.05) is 38.3 Å². The third-order valence-electron chi connectivity index (χ3n) is 4.07. The van der Waals surface area contributed by atoms with Gasteiger partial charge in [0.15, 0.2) is 0 Å². The number of hydrogen-bond acceptors (Lipinski definition) is 2. The molecule has 0 radical (unpaired) electrons. The summed E-state index contributed by atoms with van der Waals surface area (Å²) in [5.74, 6) is 0. The van der Waals surface area contributed by atoms with Gasteiger partial charge < -0.3 is 0 Å². The molecule has 1 aromatic rings. The summed E-state index contributed by atoms with van der Waals surface area (Å²) in [4.78, 5) is 26.8. The fraction of sp³-hybridized carbons (Fsp3) is 0.692. The van der Waals surface area contributed by atoms with Crippen molar-refractivity contribution in [2.45, 2.75) is 52.5 Å². The molecule has 1 aromatic heterocycles. The van der Waals surface area contributed by atoms with E-state index < -0.39 is 5.69 Å². The highest BCUT2D eigenvalue weighted by molar-refractivity contribution is 6.30. The first kappa shape index (κ1) is 13.4. The van der Waals surface area contributed by atoms with E-state index in [2.05, 4.69) is 18.8 Å².